The topological polar surface area (TPSA) is 70.8 Å². The van der Waals surface area contributed by atoms with Gasteiger partial charge in [0.2, 0.25) is 0 Å². The SMILES string of the molecule is CCS(=O)(=O)c1c(C)ccnc1C#N. The molecule has 0 bridgehead atoms. The third-order valence-electron chi connectivity index (χ3n) is 1.90. The normalized spacial score (nSPS) is 10.9. The van der Waals surface area contributed by atoms with Gasteiger partial charge in [0.25, 0.3) is 0 Å². The highest BCUT2D eigenvalue weighted by Gasteiger charge is 2.19. The second-order valence-corrected chi connectivity index (χ2v) is 5.04. The lowest BCUT2D eigenvalue weighted by Gasteiger charge is -2.05. The number of nitriles is 1. The first kappa shape index (κ1) is 10.7. The van der Waals surface area contributed by atoms with Gasteiger partial charge in [-0.15, -0.1) is 0 Å². The van der Waals surface area contributed by atoms with Crippen molar-refractivity contribution < 1.29 is 8.42 Å². The van der Waals surface area contributed by atoms with Crippen LogP contribution in [0.2, 0.25) is 0 Å². The molecule has 0 radical (unpaired) electrons. The van der Waals surface area contributed by atoms with Crippen molar-refractivity contribution in [1.82, 2.24) is 4.98 Å². The van der Waals surface area contributed by atoms with Gasteiger partial charge in [0, 0.05) is 6.20 Å². The Bertz CT molecular complexity index is 486. The van der Waals surface area contributed by atoms with Crippen LogP contribution in [0.25, 0.3) is 0 Å². The molecule has 0 aliphatic rings. The summed E-state index contributed by atoms with van der Waals surface area (Å²) in [6.07, 6.45) is 1.43. The van der Waals surface area contributed by atoms with Gasteiger partial charge >= 0.3 is 0 Å². The fraction of sp³-hybridized carbons (Fsp3) is 0.333. The van der Waals surface area contributed by atoms with Gasteiger partial charge < -0.3 is 0 Å². The highest BCUT2D eigenvalue weighted by atomic mass is 32.2. The smallest absolute Gasteiger partial charge is 0.181 e. The molecule has 0 aromatic carbocycles. The van der Waals surface area contributed by atoms with E-state index < -0.39 is 9.84 Å². The Labute approximate surface area is 83.1 Å². The maximum absolute atomic E-state index is 11.6. The molecule has 0 unspecified atom stereocenters. The number of nitrogens with zero attached hydrogens (tertiary/aromatic N) is 2. The van der Waals surface area contributed by atoms with Crippen molar-refractivity contribution in [3.63, 3.8) is 0 Å². The lowest BCUT2D eigenvalue weighted by atomic mass is 10.2. The zero-order chi connectivity index (χ0) is 10.8. The molecule has 4 nitrogen and oxygen atoms in total. The van der Waals surface area contributed by atoms with Crippen LogP contribution in [0.3, 0.4) is 0 Å². The van der Waals surface area contributed by atoms with E-state index in [-0.39, 0.29) is 16.3 Å². The molecule has 0 saturated carbocycles. The zero-order valence-corrected chi connectivity index (χ0v) is 8.80. The van der Waals surface area contributed by atoms with E-state index in [1.54, 1.807) is 26.0 Å². The van der Waals surface area contributed by atoms with Crippen molar-refractivity contribution in [2.45, 2.75) is 18.7 Å². The van der Waals surface area contributed by atoms with Gasteiger partial charge in [-0.25, -0.2) is 13.4 Å². The quantitative estimate of drug-likeness (QED) is 0.731. The number of hydrogen-bond acceptors (Lipinski definition) is 4. The van der Waals surface area contributed by atoms with Crippen molar-refractivity contribution in [1.29, 1.82) is 5.26 Å². The van der Waals surface area contributed by atoms with E-state index in [4.69, 9.17) is 5.26 Å². The van der Waals surface area contributed by atoms with E-state index in [9.17, 15) is 8.42 Å². The molecule has 0 N–H and O–H groups in total. The number of aromatic nitrogens is 1. The van der Waals surface area contributed by atoms with Crippen LogP contribution in [0.4, 0.5) is 0 Å². The van der Waals surface area contributed by atoms with Crippen LogP contribution in [0, 0.1) is 18.3 Å². The third-order valence-corrected chi connectivity index (χ3v) is 3.80. The average molecular weight is 210 g/mol. The summed E-state index contributed by atoms with van der Waals surface area (Å²) >= 11 is 0. The van der Waals surface area contributed by atoms with Gasteiger partial charge in [-0.3, -0.25) is 0 Å². The van der Waals surface area contributed by atoms with Crippen molar-refractivity contribution in [3.8, 4) is 6.07 Å². The molecule has 0 aliphatic heterocycles. The summed E-state index contributed by atoms with van der Waals surface area (Å²) in [5.41, 5.74) is 0.547. The number of pyridine rings is 1. The van der Waals surface area contributed by atoms with Crippen molar-refractivity contribution in [2.75, 3.05) is 5.75 Å². The molecule has 1 heterocycles. The monoisotopic (exact) mass is 210 g/mol. The third kappa shape index (κ3) is 1.75. The first-order valence-electron chi connectivity index (χ1n) is 4.11. The summed E-state index contributed by atoms with van der Waals surface area (Å²) in [5.74, 6) is -0.0196. The molecular weight excluding hydrogens is 200 g/mol. The summed E-state index contributed by atoms with van der Waals surface area (Å²) in [5, 5.41) is 8.72. The molecule has 0 atom stereocenters. The predicted molar refractivity (Wildman–Crippen MR) is 51.4 cm³/mol. The van der Waals surface area contributed by atoms with Crippen LogP contribution >= 0.6 is 0 Å². The van der Waals surface area contributed by atoms with Gasteiger partial charge in [0.1, 0.15) is 11.0 Å². The molecule has 0 amide bonds. The van der Waals surface area contributed by atoms with Crippen LogP contribution in [-0.2, 0) is 9.84 Å². The van der Waals surface area contributed by atoms with Crippen molar-refractivity contribution in [2.24, 2.45) is 0 Å². The molecule has 0 fully saturated rings. The first-order valence-corrected chi connectivity index (χ1v) is 5.76. The lowest BCUT2D eigenvalue weighted by Crippen LogP contribution is -2.09. The Morgan fingerprint density at radius 1 is 1.57 bits per heavy atom. The summed E-state index contributed by atoms with van der Waals surface area (Å²) in [7, 11) is -3.36. The van der Waals surface area contributed by atoms with Gasteiger partial charge in [-0.1, -0.05) is 6.92 Å². The van der Waals surface area contributed by atoms with Crippen LogP contribution in [-0.4, -0.2) is 19.2 Å². The largest absolute Gasteiger partial charge is 0.244 e. The molecule has 1 aromatic heterocycles. The molecule has 74 valence electrons. The molecule has 14 heavy (non-hydrogen) atoms. The molecule has 0 aliphatic carbocycles. The van der Waals surface area contributed by atoms with Gasteiger partial charge in [-0.2, -0.15) is 5.26 Å². The van der Waals surface area contributed by atoms with E-state index in [0.717, 1.165) is 0 Å². The minimum atomic E-state index is -3.36. The van der Waals surface area contributed by atoms with Crippen LogP contribution in [0.1, 0.15) is 18.2 Å². The Hall–Kier alpha value is -1.41. The zero-order valence-electron chi connectivity index (χ0n) is 7.98. The van der Waals surface area contributed by atoms with Gasteiger partial charge in [0.05, 0.1) is 5.75 Å². The standard InChI is InChI=1S/C9H10N2O2S/c1-3-14(12,13)9-7(2)4-5-11-8(9)6-10/h4-5H,3H2,1-2H3. The maximum Gasteiger partial charge on any atom is 0.181 e. The second kappa shape index (κ2) is 3.76. The number of aryl methyl sites for hydroxylation is 1. The molecule has 1 rings (SSSR count). The molecule has 0 spiro atoms. The Morgan fingerprint density at radius 2 is 2.21 bits per heavy atom. The molecular formula is C9H10N2O2S. The summed E-state index contributed by atoms with van der Waals surface area (Å²) < 4.78 is 23.2. The molecule has 0 saturated heterocycles. The van der Waals surface area contributed by atoms with Gasteiger partial charge in [-0.05, 0) is 18.6 Å². The van der Waals surface area contributed by atoms with Gasteiger partial charge in [0.15, 0.2) is 15.5 Å². The fourth-order valence-corrected chi connectivity index (χ4v) is 2.40. The van der Waals surface area contributed by atoms with E-state index in [0.29, 0.717) is 5.56 Å². The Kier molecular flexibility index (Phi) is 2.87. The predicted octanol–water partition coefficient (Wildman–Crippen LogP) is 1.06. The van der Waals surface area contributed by atoms with E-state index in [2.05, 4.69) is 4.98 Å². The van der Waals surface area contributed by atoms with Crippen molar-refractivity contribution >= 4 is 9.84 Å². The highest BCUT2D eigenvalue weighted by molar-refractivity contribution is 7.91. The van der Waals surface area contributed by atoms with Crippen LogP contribution in [0.5, 0.6) is 0 Å². The summed E-state index contributed by atoms with van der Waals surface area (Å²) in [6, 6.07) is 3.37. The van der Waals surface area contributed by atoms with E-state index >= 15 is 0 Å². The summed E-state index contributed by atoms with van der Waals surface area (Å²) in [4.78, 5) is 3.79. The molecule has 1 aromatic rings. The summed E-state index contributed by atoms with van der Waals surface area (Å²) in [6.45, 7) is 3.20. The van der Waals surface area contributed by atoms with Crippen molar-refractivity contribution in [3.05, 3.63) is 23.5 Å². The maximum atomic E-state index is 11.6. The Morgan fingerprint density at radius 3 is 2.71 bits per heavy atom. The average Bonchev–Trinajstić information content (AvgIpc) is 2.17. The second-order valence-electron chi connectivity index (χ2n) is 2.82. The number of hydrogen-bond donors (Lipinski definition) is 0. The van der Waals surface area contributed by atoms with E-state index in [1.807, 2.05) is 0 Å². The Balaban J connectivity index is 3.57. The highest BCUT2D eigenvalue weighted by Crippen LogP contribution is 2.18. The lowest BCUT2D eigenvalue weighted by molar-refractivity contribution is 0.596. The molecule has 5 heteroatoms. The van der Waals surface area contributed by atoms with E-state index in [1.165, 1.54) is 6.20 Å². The number of rotatable bonds is 2. The minimum Gasteiger partial charge on any atom is -0.244 e. The van der Waals surface area contributed by atoms with Crippen LogP contribution in [0.15, 0.2) is 17.2 Å². The number of sulfone groups is 1. The van der Waals surface area contributed by atoms with Crippen LogP contribution < -0.4 is 0 Å². The first-order chi connectivity index (χ1) is 6.53. The fourth-order valence-electron chi connectivity index (χ4n) is 1.16. The minimum absolute atomic E-state index is 0.0196.